The molecule has 4 rings (SSSR count). The second kappa shape index (κ2) is 5.56. The summed E-state index contributed by atoms with van der Waals surface area (Å²) in [7, 11) is 1.88. The van der Waals surface area contributed by atoms with Crippen LogP contribution in [0.25, 0.3) is 11.0 Å². The molecule has 0 atom stereocenters. The average Bonchev–Trinajstić information content (AvgIpc) is 3.36. The number of fused-ring (bicyclic) bond motifs is 1. The number of amides is 1. The highest BCUT2D eigenvalue weighted by Gasteiger charge is 2.30. The Morgan fingerprint density at radius 3 is 2.79 bits per heavy atom. The Balaban J connectivity index is 1.62. The minimum Gasteiger partial charge on any atom is -0.457 e. The van der Waals surface area contributed by atoms with Gasteiger partial charge in [-0.3, -0.25) is 10.1 Å². The van der Waals surface area contributed by atoms with E-state index in [1.54, 1.807) is 6.07 Å². The molecule has 3 aromatic rings. The minimum absolute atomic E-state index is 0.0460. The molecule has 3 N–H and O–H groups in total. The van der Waals surface area contributed by atoms with Crippen LogP contribution in [0.3, 0.4) is 0 Å². The number of hydrogen-bond acceptors (Lipinski definition) is 4. The van der Waals surface area contributed by atoms with Crippen LogP contribution in [0.1, 0.15) is 12.8 Å². The molecule has 1 heterocycles. The van der Waals surface area contributed by atoms with Gasteiger partial charge in [0, 0.05) is 30.8 Å². The minimum atomic E-state index is 0.0460. The van der Waals surface area contributed by atoms with Crippen molar-refractivity contribution in [1.29, 1.82) is 0 Å². The molecule has 0 saturated heterocycles. The van der Waals surface area contributed by atoms with E-state index in [4.69, 9.17) is 10.5 Å². The van der Waals surface area contributed by atoms with Crippen LogP contribution < -0.4 is 15.8 Å². The van der Waals surface area contributed by atoms with E-state index >= 15 is 0 Å². The van der Waals surface area contributed by atoms with Crippen molar-refractivity contribution in [2.75, 3.05) is 11.1 Å². The summed E-state index contributed by atoms with van der Waals surface area (Å²) in [5.74, 6) is 2.12. The number of nitrogens with one attached hydrogen (secondary N) is 1. The third-order valence-electron chi connectivity index (χ3n) is 4.13. The number of carbonyl (C=O) groups excluding carboxylic acids is 1. The maximum absolute atomic E-state index is 11.9. The quantitative estimate of drug-likeness (QED) is 0.722. The molecule has 6 nitrogen and oxygen atoms in total. The maximum Gasteiger partial charge on any atom is 0.229 e. The van der Waals surface area contributed by atoms with Crippen molar-refractivity contribution in [2.24, 2.45) is 13.0 Å². The largest absolute Gasteiger partial charge is 0.457 e. The lowest BCUT2D eigenvalue weighted by molar-refractivity contribution is -0.117. The first-order chi connectivity index (χ1) is 11.6. The van der Waals surface area contributed by atoms with Crippen molar-refractivity contribution < 1.29 is 9.53 Å². The summed E-state index contributed by atoms with van der Waals surface area (Å²) in [6.45, 7) is 0. The molecule has 1 saturated carbocycles. The molecule has 6 heteroatoms. The number of imidazole rings is 1. The number of nitrogens with two attached hydrogens (primary N) is 1. The Morgan fingerprint density at radius 2 is 2.04 bits per heavy atom. The smallest absolute Gasteiger partial charge is 0.229 e. The van der Waals surface area contributed by atoms with Gasteiger partial charge in [0.05, 0.1) is 11.0 Å². The molecule has 1 aliphatic carbocycles. The van der Waals surface area contributed by atoms with Crippen molar-refractivity contribution in [1.82, 2.24) is 9.55 Å². The van der Waals surface area contributed by atoms with Crippen LogP contribution in [-0.4, -0.2) is 15.5 Å². The number of hydrogen-bond donors (Lipinski definition) is 2. The number of ether oxygens (including phenoxy) is 1. The fourth-order valence-corrected chi connectivity index (χ4v) is 2.62. The zero-order valence-corrected chi connectivity index (χ0v) is 13.3. The Hall–Kier alpha value is -3.02. The number of anilines is 2. The predicted octanol–water partition coefficient (Wildman–Crippen LogP) is 3.30. The molecule has 0 unspecified atom stereocenters. The number of nitrogen functional groups attached to an aromatic ring is 1. The fourth-order valence-electron chi connectivity index (χ4n) is 2.62. The van der Waals surface area contributed by atoms with Gasteiger partial charge in [-0.05, 0) is 37.1 Å². The first kappa shape index (κ1) is 14.6. The molecule has 24 heavy (non-hydrogen) atoms. The Morgan fingerprint density at radius 1 is 1.25 bits per heavy atom. The number of rotatable bonds is 4. The van der Waals surface area contributed by atoms with E-state index in [-0.39, 0.29) is 11.8 Å². The molecule has 0 aliphatic heterocycles. The Kier molecular flexibility index (Phi) is 3.37. The van der Waals surface area contributed by atoms with E-state index in [2.05, 4.69) is 10.3 Å². The van der Waals surface area contributed by atoms with Gasteiger partial charge in [0.1, 0.15) is 11.5 Å². The molecule has 122 valence electrons. The molecule has 1 amide bonds. The highest BCUT2D eigenvalue weighted by atomic mass is 16.5. The molecule has 0 spiro atoms. The van der Waals surface area contributed by atoms with Gasteiger partial charge in [-0.25, -0.2) is 4.98 Å². The van der Waals surface area contributed by atoms with Gasteiger partial charge in [0.15, 0.2) is 0 Å². The van der Waals surface area contributed by atoms with Gasteiger partial charge < -0.3 is 15.0 Å². The highest BCUT2D eigenvalue weighted by Crippen LogP contribution is 2.31. The topological polar surface area (TPSA) is 82.2 Å². The van der Waals surface area contributed by atoms with Gasteiger partial charge in [0.2, 0.25) is 11.9 Å². The molecule has 1 fully saturated rings. The average molecular weight is 322 g/mol. The molecule has 2 aromatic carbocycles. The highest BCUT2D eigenvalue weighted by molar-refractivity contribution is 5.94. The van der Waals surface area contributed by atoms with E-state index in [0.717, 1.165) is 23.9 Å². The lowest BCUT2D eigenvalue weighted by atomic mass is 10.3. The Labute approximate surface area is 139 Å². The number of carbonyl (C=O) groups is 1. The molecule has 0 radical (unpaired) electrons. The van der Waals surface area contributed by atoms with E-state index < -0.39 is 0 Å². The second-order valence-corrected chi connectivity index (χ2v) is 6.08. The van der Waals surface area contributed by atoms with Crippen molar-refractivity contribution in [3.05, 3.63) is 42.5 Å². The summed E-state index contributed by atoms with van der Waals surface area (Å²) in [5.41, 5.74) is 8.12. The monoisotopic (exact) mass is 322 g/mol. The first-order valence-electron chi connectivity index (χ1n) is 7.91. The SMILES string of the molecule is Cn1c(NC(=O)C2CC2)nc2ccc(Oc3cccc(N)c3)cc21. The predicted molar refractivity (Wildman–Crippen MR) is 93.0 cm³/mol. The van der Waals surface area contributed by atoms with E-state index in [1.807, 2.05) is 48.0 Å². The molecule has 1 aromatic heterocycles. The van der Waals surface area contributed by atoms with E-state index in [0.29, 0.717) is 23.1 Å². The van der Waals surface area contributed by atoms with Crippen LogP contribution in [0.4, 0.5) is 11.6 Å². The first-order valence-corrected chi connectivity index (χ1v) is 7.91. The number of nitrogens with zero attached hydrogens (tertiary/aromatic N) is 2. The van der Waals surface area contributed by atoms with Crippen LogP contribution >= 0.6 is 0 Å². The van der Waals surface area contributed by atoms with Crippen LogP contribution in [0.15, 0.2) is 42.5 Å². The summed E-state index contributed by atoms with van der Waals surface area (Å²) < 4.78 is 7.72. The maximum atomic E-state index is 11.9. The summed E-state index contributed by atoms with van der Waals surface area (Å²) in [5, 5.41) is 2.89. The van der Waals surface area contributed by atoms with Gasteiger partial charge in [-0.15, -0.1) is 0 Å². The zero-order chi connectivity index (χ0) is 16.7. The third-order valence-corrected chi connectivity index (χ3v) is 4.13. The second-order valence-electron chi connectivity index (χ2n) is 6.08. The summed E-state index contributed by atoms with van der Waals surface area (Å²) in [6, 6.07) is 12.9. The van der Waals surface area contributed by atoms with Crippen molar-refractivity contribution in [3.63, 3.8) is 0 Å². The van der Waals surface area contributed by atoms with E-state index in [9.17, 15) is 4.79 Å². The number of aromatic nitrogens is 2. The van der Waals surface area contributed by atoms with Gasteiger partial charge in [-0.1, -0.05) is 6.07 Å². The fraction of sp³-hybridized carbons (Fsp3) is 0.222. The van der Waals surface area contributed by atoms with Crippen molar-refractivity contribution in [2.45, 2.75) is 12.8 Å². The standard InChI is InChI=1S/C18H18N4O2/c1-22-16-10-14(24-13-4-2-3-12(19)9-13)7-8-15(16)20-18(22)21-17(23)11-5-6-11/h2-4,7-11H,5-6,19H2,1H3,(H,20,21,23). The van der Waals surface area contributed by atoms with Gasteiger partial charge in [0.25, 0.3) is 0 Å². The normalized spacial score (nSPS) is 13.9. The molecular weight excluding hydrogens is 304 g/mol. The lowest BCUT2D eigenvalue weighted by Crippen LogP contribution is -2.16. The third kappa shape index (κ3) is 2.78. The molecule has 1 aliphatic rings. The summed E-state index contributed by atoms with van der Waals surface area (Å²) >= 11 is 0. The summed E-state index contributed by atoms with van der Waals surface area (Å²) in [6.07, 6.45) is 1.93. The molecule has 0 bridgehead atoms. The van der Waals surface area contributed by atoms with Crippen LogP contribution in [0.5, 0.6) is 11.5 Å². The number of benzene rings is 2. The molecular formula is C18H18N4O2. The van der Waals surface area contributed by atoms with E-state index in [1.165, 1.54) is 0 Å². The van der Waals surface area contributed by atoms with Crippen LogP contribution in [0, 0.1) is 5.92 Å². The number of aryl methyl sites for hydroxylation is 1. The van der Waals surface area contributed by atoms with Gasteiger partial charge in [-0.2, -0.15) is 0 Å². The van der Waals surface area contributed by atoms with Crippen LogP contribution in [-0.2, 0) is 11.8 Å². The van der Waals surface area contributed by atoms with Crippen molar-refractivity contribution >= 4 is 28.6 Å². The Bertz CT molecular complexity index is 928. The lowest BCUT2D eigenvalue weighted by Gasteiger charge is -2.07. The summed E-state index contributed by atoms with van der Waals surface area (Å²) in [4.78, 5) is 16.4. The van der Waals surface area contributed by atoms with Crippen molar-refractivity contribution in [3.8, 4) is 11.5 Å². The zero-order valence-electron chi connectivity index (χ0n) is 13.3. The van der Waals surface area contributed by atoms with Crippen LogP contribution in [0.2, 0.25) is 0 Å². The van der Waals surface area contributed by atoms with Gasteiger partial charge >= 0.3 is 0 Å².